The smallest absolute Gasteiger partial charge is 0.263 e. The van der Waals surface area contributed by atoms with E-state index in [-0.39, 0.29) is 10.7 Å². The van der Waals surface area contributed by atoms with Crippen LogP contribution in [0.15, 0.2) is 84.4 Å². The van der Waals surface area contributed by atoms with Crippen molar-refractivity contribution < 1.29 is 14.3 Å². The van der Waals surface area contributed by atoms with Gasteiger partial charge < -0.3 is 4.74 Å². The first-order valence-electron chi connectivity index (χ1n) is 9.34. The third-order valence-electron chi connectivity index (χ3n) is 4.60. The fourth-order valence-corrected chi connectivity index (χ4v) is 3.21. The summed E-state index contributed by atoms with van der Waals surface area (Å²) in [6.45, 7) is 0.442. The van der Waals surface area contributed by atoms with Crippen LogP contribution in [0.25, 0.3) is 17.2 Å². The first-order chi connectivity index (χ1) is 14.6. The van der Waals surface area contributed by atoms with Gasteiger partial charge in [0.1, 0.15) is 17.9 Å². The van der Waals surface area contributed by atoms with Gasteiger partial charge in [-0.25, -0.2) is 0 Å². The van der Waals surface area contributed by atoms with Crippen molar-refractivity contribution in [2.24, 2.45) is 0 Å². The average molecular weight is 414 g/mol. The van der Waals surface area contributed by atoms with Crippen molar-refractivity contribution in [3.05, 3.63) is 95.6 Å². The molecular weight excluding hydrogens is 396 g/mol. The molecule has 1 saturated heterocycles. The summed E-state index contributed by atoms with van der Waals surface area (Å²) in [6.07, 6.45) is 1.51. The SMILES string of the molecule is O=C1NC(=S)NC(=O)C1=Cc1ccc(OCc2ccc(-c3ccccc3)cc2)cc1. The lowest BCUT2D eigenvalue weighted by Crippen LogP contribution is -2.51. The molecule has 0 radical (unpaired) electrons. The van der Waals surface area contributed by atoms with E-state index in [1.54, 1.807) is 24.3 Å². The van der Waals surface area contributed by atoms with Crippen LogP contribution in [0, 0.1) is 0 Å². The number of carbonyl (C=O) groups excluding carboxylic acids is 2. The monoisotopic (exact) mass is 414 g/mol. The van der Waals surface area contributed by atoms with E-state index < -0.39 is 11.8 Å². The first kappa shape index (κ1) is 19.5. The average Bonchev–Trinajstić information content (AvgIpc) is 2.76. The Balaban J connectivity index is 1.38. The van der Waals surface area contributed by atoms with Crippen molar-refractivity contribution in [3.63, 3.8) is 0 Å². The molecule has 3 aromatic carbocycles. The maximum atomic E-state index is 11.9. The molecule has 0 atom stereocenters. The van der Waals surface area contributed by atoms with E-state index in [2.05, 4.69) is 34.9 Å². The number of nitrogens with one attached hydrogen (secondary N) is 2. The third kappa shape index (κ3) is 4.61. The highest BCUT2D eigenvalue weighted by Gasteiger charge is 2.25. The molecule has 4 rings (SSSR count). The van der Waals surface area contributed by atoms with Gasteiger partial charge in [-0.15, -0.1) is 0 Å². The van der Waals surface area contributed by atoms with Crippen molar-refractivity contribution in [2.45, 2.75) is 6.61 Å². The zero-order valence-electron chi connectivity index (χ0n) is 15.9. The molecule has 5 nitrogen and oxygen atoms in total. The molecule has 6 heteroatoms. The lowest BCUT2D eigenvalue weighted by molar-refractivity contribution is -0.123. The largest absolute Gasteiger partial charge is 0.489 e. The number of ether oxygens (including phenoxy) is 1. The summed E-state index contributed by atoms with van der Waals surface area (Å²) in [5.74, 6) is -0.325. The molecule has 0 aliphatic carbocycles. The van der Waals surface area contributed by atoms with Gasteiger partial charge in [0.15, 0.2) is 5.11 Å². The molecular formula is C24H18N2O3S. The molecule has 148 valence electrons. The highest BCUT2D eigenvalue weighted by atomic mass is 32.1. The summed E-state index contributed by atoms with van der Waals surface area (Å²) >= 11 is 4.79. The second-order valence-electron chi connectivity index (χ2n) is 6.72. The van der Waals surface area contributed by atoms with Crippen LogP contribution >= 0.6 is 12.2 Å². The predicted molar refractivity (Wildman–Crippen MR) is 120 cm³/mol. The lowest BCUT2D eigenvalue weighted by Gasteiger charge is -2.16. The minimum absolute atomic E-state index is 0.00998. The van der Waals surface area contributed by atoms with Crippen LogP contribution < -0.4 is 15.4 Å². The second kappa shape index (κ2) is 8.71. The van der Waals surface area contributed by atoms with Crippen molar-refractivity contribution in [1.82, 2.24) is 10.6 Å². The van der Waals surface area contributed by atoms with Crippen molar-refractivity contribution >= 4 is 35.2 Å². The standard InChI is InChI=1S/C24H18N2O3S/c27-22-21(23(28)26-24(30)25-22)14-16-8-12-20(13-9-16)29-15-17-6-10-19(11-7-17)18-4-2-1-3-5-18/h1-14H,15H2,(H2,25,26,27,28,30). The van der Waals surface area contributed by atoms with E-state index in [4.69, 9.17) is 17.0 Å². The molecule has 1 fully saturated rings. The van der Waals surface area contributed by atoms with Crippen LogP contribution in [-0.4, -0.2) is 16.9 Å². The zero-order chi connectivity index (χ0) is 20.9. The van der Waals surface area contributed by atoms with E-state index in [9.17, 15) is 9.59 Å². The molecule has 3 aromatic rings. The van der Waals surface area contributed by atoms with Gasteiger partial charge in [0.25, 0.3) is 11.8 Å². The van der Waals surface area contributed by atoms with Crippen molar-refractivity contribution in [2.75, 3.05) is 0 Å². The summed E-state index contributed by atoms with van der Waals surface area (Å²) in [4.78, 5) is 23.8. The number of amides is 2. The highest BCUT2D eigenvalue weighted by molar-refractivity contribution is 7.80. The van der Waals surface area contributed by atoms with Crippen molar-refractivity contribution in [1.29, 1.82) is 0 Å². The molecule has 1 heterocycles. The normalized spacial score (nSPS) is 13.5. The predicted octanol–water partition coefficient (Wildman–Crippen LogP) is 3.85. The van der Waals surface area contributed by atoms with E-state index in [0.717, 1.165) is 11.1 Å². The molecule has 0 saturated carbocycles. The number of rotatable bonds is 5. The van der Waals surface area contributed by atoms with Gasteiger partial charge in [-0.05, 0) is 52.7 Å². The van der Waals surface area contributed by atoms with E-state index in [1.165, 1.54) is 11.6 Å². The Bertz CT molecular complexity index is 1100. The van der Waals surface area contributed by atoms with Gasteiger partial charge in [-0.2, -0.15) is 0 Å². The summed E-state index contributed by atoms with van der Waals surface area (Å²) in [7, 11) is 0. The fraction of sp³-hybridized carbons (Fsp3) is 0.0417. The Morgan fingerprint density at radius 3 is 2.00 bits per heavy atom. The van der Waals surface area contributed by atoms with Gasteiger partial charge in [0, 0.05) is 0 Å². The van der Waals surface area contributed by atoms with Crippen LogP contribution in [0.2, 0.25) is 0 Å². The van der Waals surface area contributed by atoms with Gasteiger partial charge in [0.05, 0.1) is 0 Å². The second-order valence-corrected chi connectivity index (χ2v) is 7.12. The molecule has 0 spiro atoms. The maximum absolute atomic E-state index is 11.9. The van der Waals surface area contributed by atoms with Gasteiger partial charge in [-0.1, -0.05) is 66.7 Å². The van der Waals surface area contributed by atoms with Gasteiger partial charge in [0.2, 0.25) is 0 Å². The Morgan fingerprint density at radius 1 is 0.767 bits per heavy atom. The summed E-state index contributed by atoms with van der Waals surface area (Å²) in [5.41, 5.74) is 4.12. The number of benzene rings is 3. The Morgan fingerprint density at radius 2 is 1.37 bits per heavy atom. The Hall–Kier alpha value is -3.77. The summed E-state index contributed by atoms with van der Waals surface area (Å²) in [6, 6.07) is 25.6. The molecule has 1 aliphatic heterocycles. The maximum Gasteiger partial charge on any atom is 0.263 e. The minimum atomic E-state index is -0.511. The van der Waals surface area contributed by atoms with Crippen LogP contribution in [-0.2, 0) is 16.2 Å². The first-order valence-corrected chi connectivity index (χ1v) is 9.75. The number of thiocarbonyl (C=S) groups is 1. The zero-order valence-corrected chi connectivity index (χ0v) is 16.7. The molecule has 2 N–H and O–H groups in total. The number of carbonyl (C=O) groups is 2. The Kier molecular flexibility index (Phi) is 5.68. The fourth-order valence-electron chi connectivity index (χ4n) is 3.02. The lowest BCUT2D eigenvalue weighted by atomic mass is 10.0. The molecule has 1 aliphatic rings. The van der Waals surface area contributed by atoms with Crippen LogP contribution in [0.5, 0.6) is 5.75 Å². The highest BCUT2D eigenvalue weighted by Crippen LogP contribution is 2.21. The van der Waals surface area contributed by atoms with E-state index >= 15 is 0 Å². The third-order valence-corrected chi connectivity index (χ3v) is 4.81. The van der Waals surface area contributed by atoms with E-state index in [0.29, 0.717) is 17.9 Å². The molecule has 2 amide bonds. The molecule has 0 aromatic heterocycles. The van der Waals surface area contributed by atoms with Gasteiger partial charge in [-0.3, -0.25) is 20.2 Å². The van der Waals surface area contributed by atoms with Gasteiger partial charge >= 0.3 is 0 Å². The summed E-state index contributed by atoms with van der Waals surface area (Å²) < 4.78 is 5.84. The number of hydrogen-bond acceptors (Lipinski definition) is 4. The molecule has 0 unspecified atom stereocenters. The van der Waals surface area contributed by atoms with E-state index in [1.807, 2.05) is 30.3 Å². The Labute approximate surface area is 179 Å². The van der Waals surface area contributed by atoms with Crippen molar-refractivity contribution in [3.8, 4) is 16.9 Å². The quantitative estimate of drug-likeness (QED) is 0.378. The molecule has 30 heavy (non-hydrogen) atoms. The minimum Gasteiger partial charge on any atom is -0.489 e. The topological polar surface area (TPSA) is 67.4 Å². The number of hydrogen-bond donors (Lipinski definition) is 2. The van der Waals surface area contributed by atoms with Crippen LogP contribution in [0.4, 0.5) is 0 Å². The van der Waals surface area contributed by atoms with Crippen LogP contribution in [0.1, 0.15) is 11.1 Å². The van der Waals surface area contributed by atoms with Crippen LogP contribution in [0.3, 0.4) is 0 Å². The summed E-state index contributed by atoms with van der Waals surface area (Å²) in [5, 5.41) is 4.84. The molecule has 0 bridgehead atoms.